The highest BCUT2D eigenvalue weighted by atomic mass is 16.6. The second-order valence-electron chi connectivity index (χ2n) is 8.78. The highest BCUT2D eigenvalue weighted by Gasteiger charge is 2.33. The van der Waals surface area contributed by atoms with Crippen LogP contribution >= 0.6 is 0 Å². The lowest BCUT2D eigenvalue weighted by atomic mass is 10.0. The average Bonchev–Trinajstić information content (AvgIpc) is 2.58. The molecule has 2 amide bonds. The normalized spacial score (nSPS) is 11.5. The van der Waals surface area contributed by atoms with Crippen molar-refractivity contribution in [1.29, 1.82) is 5.41 Å². The van der Waals surface area contributed by atoms with E-state index in [1.807, 2.05) is 0 Å². The van der Waals surface area contributed by atoms with Gasteiger partial charge in [-0.05, 0) is 53.0 Å². The van der Waals surface area contributed by atoms with Crippen LogP contribution in [0, 0.1) is 5.41 Å². The third-order valence-corrected chi connectivity index (χ3v) is 3.77. The number of hydrogen-bond donors (Lipinski definition) is 3. The predicted octanol–water partition coefficient (Wildman–Crippen LogP) is 4.74. The maximum Gasteiger partial charge on any atom is 0.421 e. The summed E-state index contributed by atoms with van der Waals surface area (Å²) in [5.41, 5.74) is -2.11. The van der Waals surface area contributed by atoms with Crippen LogP contribution in [-0.2, 0) is 9.47 Å². The molecular formula is C22H27N3O6. The molecule has 31 heavy (non-hydrogen) atoms. The third-order valence-electron chi connectivity index (χ3n) is 3.77. The number of guanidine groups is 1. The molecule has 2 rings (SSSR count). The lowest BCUT2D eigenvalue weighted by molar-refractivity contribution is 0.0558. The molecule has 0 radical (unpaired) electrons. The van der Waals surface area contributed by atoms with Crippen LogP contribution in [-0.4, -0.2) is 40.4 Å². The molecule has 0 saturated heterocycles. The summed E-state index contributed by atoms with van der Waals surface area (Å²) in [4.78, 5) is 38.0. The topological polar surface area (TPSA) is 129 Å². The number of rotatable bonds is 2. The predicted molar refractivity (Wildman–Crippen MR) is 117 cm³/mol. The van der Waals surface area contributed by atoms with Gasteiger partial charge in [-0.25, -0.2) is 19.3 Å². The Morgan fingerprint density at radius 1 is 0.935 bits per heavy atom. The van der Waals surface area contributed by atoms with Gasteiger partial charge in [0, 0.05) is 5.39 Å². The minimum atomic E-state index is -1.31. The van der Waals surface area contributed by atoms with Gasteiger partial charge in [-0.15, -0.1) is 0 Å². The SMILES string of the molecule is CC(C)(C)OC(=O)NC(=N)N(C(=O)OC(C)(C)C)c1c(C(=O)O)ccc2ccccc12. The zero-order valence-electron chi connectivity index (χ0n) is 18.4. The van der Waals surface area contributed by atoms with E-state index in [2.05, 4.69) is 5.32 Å². The molecule has 0 heterocycles. The Morgan fingerprint density at radius 2 is 1.52 bits per heavy atom. The molecule has 166 valence electrons. The van der Waals surface area contributed by atoms with Crippen molar-refractivity contribution in [2.24, 2.45) is 0 Å². The number of carbonyl (C=O) groups is 3. The van der Waals surface area contributed by atoms with Gasteiger partial charge in [0.1, 0.15) is 11.2 Å². The van der Waals surface area contributed by atoms with E-state index < -0.39 is 35.3 Å². The first-order valence-electron chi connectivity index (χ1n) is 9.56. The molecule has 0 aromatic heterocycles. The molecule has 0 bridgehead atoms. The molecular weight excluding hydrogens is 402 g/mol. The first-order chi connectivity index (χ1) is 14.2. The van der Waals surface area contributed by atoms with Crippen molar-refractivity contribution in [2.45, 2.75) is 52.7 Å². The Labute approximate surface area is 180 Å². The summed E-state index contributed by atoms with van der Waals surface area (Å²) in [5.74, 6) is -2.01. The quantitative estimate of drug-likeness (QED) is 0.467. The number of nitrogens with zero attached hydrogens (tertiary/aromatic N) is 1. The summed E-state index contributed by atoms with van der Waals surface area (Å²) in [6.07, 6.45) is -1.99. The number of carboxylic acids is 1. The summed E-state index contributed by atoms with van der Waals surface area (Å²) in [7, 11) is 0. The second kappa shape index (κ2) is 8.63. The minimum Gasteiger partial charge on any atom is -0.478 e. The lowest BCUT2D eigenvalue weighted by Gasteiger charge is -2.29. The summed E-state index contributed by atoms with van der Waals surface area (Å²) < 4.78 is 10.6. The molecule has 0 aliphatic carbocycles. The van der Waals surface area contributed by atoms with E-state index in [9.17, 15) is 19.5 Å². The number of aromatic carboxylic acids is 1. The van der Waals surface area contributed by atoms with E-state index in [1.165, 1.54) is 6.07 Å². The van der Waals surface area contributed by atoms with Gasteiger partial charge in [0.25, 0.3) is 0 Å². The smallest absolute Gasteiger partial charge is 0.421 e. The molecule has 0 saturated carbocycles. The number of amides is 2. The van der Waals surface area contributed by atoms with Gasteiger partial charge in [0.15, 0.2) is 0 Å². The van der Waals surface area contributed by atoms with Crippen molar-refractivity contribution in [3.8, 4) is 0 Å². The van der Waals surface area contributed by atoms with Crippen molar-refractivity contribution in [1.82, 2.24) is 5.32 Å². The van der Waals surface area contributed by atoms with Crippen molar-refractivity contribution >= 4 is 40.6 Å². The molecule has 0 fully saturated rings. The van der Waals surface area contributed by atoms with E-state index in [-0.39, 0.29) is 11.3 Å². The number of nitrogens with one attached hydrogen (secondary N) is 2. The van der Waals surface area contributed by atoms with Gasteiger partial charge in [-0.1, -0.05) is 30.3 Å². The van der Waals surface area contributed by atoms with Crippen LogP contribution in [0.3, 0.4) is 0 Å². The number of carboxylic acid groups (broad SMARTS) is 1. The van der Waals surface area contributed by atoms with E-state index in [4.69, 9.17) is 14.9 Å². The fourth-order valence-electron chi connectivity index (χ4n) is 2.73. The van der Waals surface area contributed by atoms with Gasteiger partial charge >= 0.3 is 18.2 Å². The molecule has 0 unspecified atom stereocenters. The highest BCUT2D eigenvalue weighted by Crippen LogP contribution is 2.32. The van der Waals surface area contributed by atoms with Crippen LogP contribution in [0.25, 0.3) is 10.8 Å². The van der Waals surface area contributed by atoms with Gasteiger partial charge < -0.3 is 14.6 Å². The number of fused-ring (bicyclic) bond motifs is 1. The number of ether oxygens (including phenoxy) is 2. The largest absolute Gasteiger partial charge is 0.478 e. The monoisotopic (exact) mass is 429 g/mol. The molecule has 9 nitrogen and oxygen atoms in total. The van der Waals surface area contributed by atoms with Crippen LogP contribution in [0.2, 0.25) is 0 Å². The van der Waals surface area contributed by atoms with Crippen LogP contribution in [0.5, 0.6) is 0 Å². The molecule has 0 aliphatic rings. The van der Waals surface area contributed by atoms with Gasteiger partial charge in [0.2, 0.25) is 5.96 Å². The van der Waals surface area contributed by atoms with Crippen LogP contribution < -0.4 is 10.2 Å². The Balaban J connectivity index is 2.65. The molecule has 0 atom stereocenters. The lowest BCUT2D eigenvalue weighted by Crippen LogP contribution is -2.50. The van der Waals surface area contributed by atoms with Gasteiger partial charge in [-0.2, -0.15) is 0 Å². The number of hydrogen-bond acceptors (Lipinski definition) is 6. The first-order valence-corrected chi connectivity index (χ1v) is 9.56. The second-order valence-corrected chi connectivity index (χ2v) is 8.78. The number of carbonyl (C=O) groups excluding carboxylic acids is 2. The Morgan fingerprint density at radius 3 is 2.06 bits per heavy atom. The third kappa shape index (κ3) is 6.18. The minimum absolute atomic E-state index is 0.0964. The molecule has 9 heteroatoms. The maximum atomic E-state index is 13.1. The summed E-state index contributed by atoms with van der Waals surface area (Å²) in [5, 5.41) is 21.4. The van der Waals surface area contributed by atoms with Crippen molar-refractivity contribution in [3.05, 3.63) is 42.0 Å². The fourth-order valence-corrected chi connectivity index (χ4v) is 2.73. The van der Waals surface area contributed by atoms with E-state index in [1.54, 1.807) is 71.9 Å². The van der Waals surface area contributed by atoms with Crippen molar-refractivity contribution in [2.75, 3.05) is 4.90 Å². The van der Waals surface area contributed by atoms with Crippen LogP contribution in [0.4, 0.5) is 15.3 Å². The maximum absolute atomic E-state index is 13.1. The Bertz CT molecular complexity index is 1030. The number of alkyl carbamates (subject to hydrolysis) is 1. The van der Waals surface area contributed by atoms with Crippen LogP contribution in [0.1, 0.15) is 51.9 Å². The number of anilines is 1. The van der Waals surface area contributed by atoms with Gasteiger partial charge in [0.05, 0.1) is 11.3 Å². The molecule has 0 spiro atoms. The van der Waals surface area contributed by atoms with Crippen molar-refractivity contribution < 1.29 is 29.0 Å². The molecule has 2 aromatic carbocycles. The van der Waals surface area contributed by atoms with Gasteiger partial charge in [-0.3, -0.25) is 10.7 Å². The number of benzene rings is 2. The molecule has 3 N–H and O–H groups in total. The zero-order valence-corrected chi connectivity index (χ0v) is 18.4. The summed E-state index contributed by atoms with van der Waals surface area (Å²) in [6, 6.07) is 9.72. The fraction of sp³-hybridized carbons (Fsp3) is 0.364. The Hall–Kier alpha value is -3.62. The summed E-state index contributed by atoms with van der Waals surface area (Å²) in [6.45, 7) is 9.85. The van der Waals surface area contributed by atoms with E-state index >= 15 is 0 Å². The standard InChI is InChI=1S/C22H27N3O6/c1-21(2,3)30-19(28)24-18(23)25(20(29)31-22(4,5)6)16-14-10-8-7-9-13(14)11-12-15(16)17(26)27/h7-12H,1-6H3,(H,26,27)(H2,23,24,28). The average molecular weight is 429 g/mol. The van der Waals surface area contributed by atoms with E-state index in [0.717, 1.165) is 4.90 Å². The first kappa shape index (κ1) is 23.7. The molecule has 0 aliphatic heterocycles. The van der Waals surface area contributed by atoms with Crippen LogP contribution in [0.15, 0.2) is 36.4 Å². The molecule has 2 aromatic rings. The zero-order chi connectivity index (χ0) is 23.6. The van der Waals surface area contributed by atoms with E-state index in [0.29, 0.717) is 10.8 Å². The highest BCUT2D eigenvalue weighted by molar-refractivity contribution is 6.22. The van der Waals surface area contributed by atoms with Crippen molar-refractivity contribution in [3.63, 3.8) is 0 Å². The summed E-state index contributed by atoms with van der Waals surface area (Å²) >= 11 is 0. The Kier molecular flexibility index (Phi) is 6.58.